The van der Waals surface area contributed by atoms with Gasteiger partial charge in [-0.2, -0.15) is 0 Å². The lowest BCUT2D eigenvalue weighted by Gasteiger charge is -2.23. The maximum absolute atomic E-state index is 12.2. The summed E-state index contributed by atoms with van der Waals surface area (Å²) in [7, 11) is 1.93. The highest BCUT2D eigenvalue weighted by molar-refractivity contribution is 5.96. The van der Waals surface area contributed by atoms with Crippen LogP contribution in [0, 0.1) is 0 Å². The normalized spacial score (nSPS) is 25.2. The molecule has 3 heterocycles. The fraction of sp³-hybridized carbons (Fsp3) is 0.667. The molecular weight excluding hydrogens is 238 g/mol. The second-order valence-electron chi connectivity index (χ2n) is 5.85. The number of aromatic nitrogens is 1. The first-order valence-electron chi connectivity index (χ1n) is 7.35. The first-order chi connectivity index (χ1) is 9.24. The number of nitrogens with zero attached hydrogens (tertiary/aromatic N) is 3. The predicted molar refractivity (Wildman–Crippen MR) is 75.4 cm³/mol. The van der Waals surface area contributed by atoms with Gasteiger partial charge in [0.2, 0.25) is 0 Å². The van der Waals surface area contributed by atoms with E-state index in [-0.39, 0.29) is 5.78 Å². The van der Waals surface area contributed by atoms with Gasteiger partial charge in [0.15, 0.2) is 5.78 Å². The Morgan fingerprint density at radius 2 is 2.11 bits per heavy atom. The van der Waals surface area contributed by atoms with Crippen molar-refractivity contribution in [1.29, 1.82) is 0 Å². The van der Waals surface area contributed by atoms with Gasteiger partial charge in [0.05, 0.1) is 12.2 Å². The van der Waals surface area contributed by atoms with Crippen molar-refractivity contribution in [2.24, 2.45) is 7.05 Å². The average Bonchev–Trinajstić information content (AvgIpc) is 3.07. The topological polar surface area (TPSA) is 28.5 Å². The maximum atomic E-state index is 12.2. The first kappa shape index (κ1) is 12.9. The van der Waals surface area contributed by atoms with Gasteiger partial charge in [0.25, 0.3) is 0 Å². The van der Waals surface area contributed by atoms with Crippen LogP contribution in [-0.4, -0.2) is 58.9 Å². The van der Waals surface area contributed by atoms with E-state index in [1.807, 2.05) is 29.9 Å². The molecule has 104 valence electrons. The smallest absolute Gasteiger partial charge is 0.193 e. The fourth-order valence-corrected chi connectivity index (χ4v) is 3.40. The standard InChI is InChI=1S/C15H23N3O/c1-16-7-4-5-14(16)15(19)12-17-10-6-13(11-17)18-8-2-3-9-18/h4-5,7,13H,2-3,6,8-12H2,1H3. The lowest BCUT2D eigenvalue weighted by Crippen LogP contribution is -2.36. The molecule has 0 amide bonds. The monoisotopic (exact) mass is 261 g/mol. The molecule has 3 rings (SSSR count). The Bertz CT molecular complexity index is 448. The maximum Gasteiger partial charge on any atom is 0.193 e. The Balaban J connectivity index is 1.54. The number of carbonyl (C=O) groups excluding carboxylic acids is 1. The van der Waals surface area contributed by atoms with Gasteiger partial charge < -0.3 is 4.57 Å². The summed E-state index contributed by atoms with van der Waals surface area (Å²) in [5.41, 5.74) is 0.824. The fourth-order valence-electron chi connectivity index (χ4n) is 3.40. The SMILES string of the molecule is Cn1cccc1C(=O)CN1CCC(N2CCCC2)C1. The number of Topliss-reactive ketones (excluding diaryl/α,β-unsaturated/α-hetero) is 1. The molecule has 4 heteroatoms. The highest BCUT2D eigenvalue weighted by Crippen LogP contribution is 2.20. The van der Waals surface area contributed by atoms with Gasteiger partial charge in [-0.1, -0.05) is 0 Å². The minimum atomic E-state index is 0.245. The van der Waals surface area contributed by atoms with Gasteiger partial charge in [-0.15, -0.1) is 0 Å². The predicted octanol–water partition coefficient (Wildman–Crippen LogP) is 1.38. The van der Waals surface area contributed by atoms with Gasteiger partial charge in [-0.05, 0) is 44.5 Å². The summed E-state index contributed by atoms with van der Waals surface area (Å²) >= 11 is 0. The summed E-state index contributed by atoms with van der Waals surface area (Å²) in [6, 6.07) is 4.53. The van der Waals surface area contributed by atoms with Crippen LogP contribution >= 0.6 is 0 Å². The van der Waals surface area contributed by atoms with Gasteiger partial charge in [0, 0.05) is 32.4 Å². The molecule has 2 saturated heterocycles. The molecule has 2 aliphatic rings. The lowest BCUT2D eigenvalue weighted by atomic mass is 10.2. The van der Waals surface area contributed by atoms with Crippen LogP contribution in [-0.2, 0) is 7.05 Å². The van der Waals surface area contributed by atoms with Crippen LogP contribution in [0.3, 0.4) is 0 Å². The van der Waals surface area contributed by atoms with Crippen LogP contribution in [0.5, 0.6) is 0 Å². The molecule has 2 aliphatic heterocycles. The Morgan fingerprint density at radius 1 is 1.32 bits per heavy atom. The highest BCUT2D eigenvalue weighted by Gasteiger charge is 2.30. The van der Waals surface area contributed by atoms with Crippen LogP contribution in [0.1, 0.15) is 29.8 Å². The van der Waals surface area contributed by atoms with E-state index in [1.165, 1.54) is 32.4 Å². The molecule has 0 bridgehead atoms. The first-order valence-corrected chi connectivity index (χ1v) is 7.35. The molecule has 1 unspecified atom stereocenters. The molecule has 0 aromatic carbocycles. The summed E-state index contributed by atoms with van der Waals surface area (Å²) in [4.78, 5) is 17.2. The molecule has 0 spiro atoms. The molecule has 19 heavy (non-hydrogen) atoms. The number of ketones is 1. The molecule has 2 fully saturated rings. The van der Waals surface area contributed by atoms with Crippen molar-refractivity contribution in [2.45, 2.75) is 25.3 Å². The summed E-state index contributed by atoms with van der Waals surface area (Å²) in [6.07, 6.45) is 5.85. The highest BCUT2D eigenvalue weighted by atomic mass is 16.1. The molecule has 0 saturated carbocycles. The quantitative estimate of drug-likeness (QED) is 0.767. The van der Waals surface area contributed by atoms with Crippen molar-refractivity contribution < 1.29 is 4.79 Å². The molecule has 0 aliphatic carbocycles. The van der Waals surface area contributed by atoms with Crippen LogP contribution in [0.15, 0.2) is 18.3 Å². The number of hydrogen-bond acceptors (Lipinski definition) is 3. The summed E-state index contributed by atoms with van der Waals surface area (Å²) in [5.74, 6) is 0.245. The van der Waals surface area contributed by atoms with Crippen molar-refractivity contribution in [3.8, 4) is 0 Å². The van der Waals surface area contributed by atoms with Gasteiger partial charge in [-0.3, -0.25) is 14.6 Å². The van der Waals surface area contributed by atoms with Crippen molar-refractivity contribution in [2.75, 3.05) is 32.7 Å². The van der Waals surface area contributed by atoms with Gasteiger partial charge in [-0.25, -0.2) is 0 Å². The zero-order valence-corrected chi connectivity index (χ0v) is 11.7. The van der Waals surface area contributed by atoms with E-state index in [4.69, 9.17) is 0 Å². The van der Waals surface area contributed by atoms with Crippen LogP contribution in [0.25, 0.3) is 0 Å². The second kappa shape index (κ2) is 5.47. The minimum absolute atomic E-state index is 0.245. The molecule has 1 atom stereocenters. The Kier molecular flexibility index (Phi) is 3.71. The third kappa shape index (κ3) is 2.74. The Morgan fingerprint density at radius 3 is 2.79 bits per heavy atom. The molecular formula is C15H23N3O. The van der Waals surface area contributed by atoms with Crippen molar-refractivity contribution in [1.82, 2.24) is 14.4 Å². The summed E-state index contributed by atoms with van der Waals surface area (Å²) < 4.78 is 1.91. The van der Waals surface area contributed by atoms with E-state index in [9.17, 15) is 4.79 Å². The van der Waals surface area contributed by atoms with E-state index < -0.39 is 0 Å². The number of hydrogen-bond donors (Lipinski definition) is 0. The Hall–Kier alpha value is -1.13. The van der Waals surface area contributed by atoms with Gasteiger partial charge in [0.1, 0.15) is 0 Å². The molecule has 0 N–H and O–H groups in total. The molecule has 1 aromatic rings. The lowest BCUT2D eigenvalue weighted by molar-refractivity contribution is 0.0932. The van der Waals surface area contributed by atoms with Crippen LogP contribution < -0.4 is 0 Å². The number of carbonyl (C=O) groups is 1. The number of likely N-dealkylation sites (tertiary alicyclic amines) is 2. The minimum Gasteiger partial charge on any atom is -0.348 e. The molecule has 4 nitrogen and oxygen atoms in total. The van der Waals surface area contributed by atoms with Crippen molar-refractivity contribution in [3.63, 3.8) is 0 Å². The third-order valence-electron chi connectivity index (χ3n) is 4.50. The van der Waals surface area contributed by atoms with E-state index in [0.717, 1.165) is 18.8 Å². The summed E-state index contributed by atoms with van der Waals surface area (Å²) in [6.45, 7) is 5.21. The molecule has 0 radical (unpaired) electrons. The van der Waals surface area contributed by atoms with Crippen LogP contribution in [0.4, 0.5) is 0 Å². The zero-order valence-electron chi connectivity index (χ0n) is 11.7. The van der Waals surface area contributed by atoms with E-state index in [1.54, 1.807) is 0 Å². The largest absolute Gasteiger partial charge is 0.348 e. The van der Waals surface area contributed by atoms with Crippen LogP contribution in [0.2, 0.25) is 0 Å². The average molecular weight is 261 g/mol. The second-order valence-corrected chi connectivity index (χ2v) is 5.85. The Labute approximate surface area is 115 Å². The summed E-state index contributed by atoms with van der Waals surface area (Å²) in [5, 5.41) is 0. The number of aryl methyl sites for hydroxylation is 1. The van der Waals surface area contributed by atoms with E-state index >= 15 is 0 Å². The van der Waals surface area contributed by atoms with Crippen molar-refractivity contribution in [3.05, 3.63) is 24.0 Å². The van der Waals surface area contributed by atoms with Crippen molar-refractivity contribution >= 4 is 5.78 Å². The van der Waals surface area contributed by atoms with E-state index in [2.05, 4.69) is 9.80 Å². The van der Waals surface area contributed by atoms with Gasteiger partial charge >= 0.3 is 0 Å². The zero-order chi connectivity index (χ0) is 13.2. The van der Waals surface area contributed by atoms with E-state index in [0.29, 0.717) is 12.6 Å². The third-order valence-corrected chi connectivity index (χ3v) is 4.50. The molecule has 1 aromatic heterocycles. The number of rotatable bonds is 4.